The van der Waals surface area contributed by atoms with E-state index in [0.717, 1.165) is 23.4 Å². The number of aliphatic carboxylic acids is 1. The second-order valence-electron chi connectivity index (χ2n) is 8.21. The number of carbonyl (C=O) groups excluding carboxylic acids is 1. The van der Waals surface area contributed by atoms with Crippen molar-refractivity contribution in [3.63, 3.8) is 0 Å². The highest BCUT2D eigenvalue weighted by Gasteiger charge is 2.34. The fraction of sp³-hybridized carbons (Fsp3) is 0.417. The van der Waals surface area contributed by atoms with Crippen molar-refractivity contribution in [2.45, 2.75) is 25.7 Å². The summed E-state index contributed by atoms with van der Waals surface area (Å²) in [4.78, 5) is 35.1. The molecule has 0 radical (unpaired) electrons. The van der Waals surface area contributed by atoms with Gasteiger partial charge in [-0.3, -0.25) is 19.6 Å². The number of nitrogens with zero attached hydrogens (tertiary/aromatic N) is 3. The maximum Gasteiger partial charge on any atom is 0.303 e. The Morgan fingerprint density at radius 1 is 1.26 bits per heavy atom. The van der Waals surface area contributed by atoms with Crippen molar-refractivity contribution in [1.82, 2.24) is 9.88 Å². The fourth-order valence-electron chi connectivity index (χ4n) is 4.67. The van der Waals surface area contributed by atoms with Crippen LogP contribution in [0.3, 0.4) is 0 Å². The summed E-state index contributed by atoms with van der Waals surface area (Å²) in [6, 6.07) is 9.55. The van der Waals surface area contributed by atoms with Crippen molar-refractivity contribution in [3.8, 4) is 5.75 Å². The van der Waals surface area contributed by atoms with E-state index >= 15 is 0 Å². The number of aliphatic imine (C=N–C) groups is 1. The summed E-state index contributed by atoms with van der Waals surface area (Å²) in [6.07, 6.45) is 5.54. The zero-order valence-electron chi connectivity index (χ0n) is 17.7. The molecule has 2 aromatic rings. The SMILES string of the molecule is COc1ccc2c(c1)CCN=C2C[C@H]1CN(C(=O)c2cccnc2)CC[C@H]1CC(=O)O. The number of fused-ring (bicyclic) bond motifs is 1. The lowest BCUT2D eigenvalue weighted by Crippen LogP contribution is -2.45. The van der Waals surface area contributed by atoms with Gasteiger partial charge < -0.3 is 14.7 Å². The van der Waals surface area contributed by atoms with E-state index < -0.39 is 5.97 Å². The molecule has 162 valence electrons. The average Bonchev–Trinajstić information content (AvgIpc) is 2.79. The number of piperidine rings is 1. The van der Waals surface area contributed by atoms with E-state index in [1.54, 1.807) is 31.6 Å². The van der Waals surface area contributed by atoms with Crippen LogP contribution in [0.5, 0.6) is 5.75 Å². The first-order chi connectivity index (χ1) is 15.0. The maximum absolute atomic E-state index is 13.0. The molecule has 0 spiro atoms. The smallest absolute Gasteiger partial charge is 0.303 e. The van der Waals surface area contributed by atoms with Crippen molar-refractivity contribution in [1.29, 1.82) is 0 Å². The van der Waals surface area contributed by atoms with Gasteiger partial charge in [-0.1, -0.05) is 0 Å². The van der Waals surface area contributed by atoms with E-state index in [9.17, 15) is 14.7 Å². The highest BCUT2D eigenvalue weighted by Crippen LogP contribution is 2.33. The van der Waals surface area contributed by atoms with Crippen LogP contribution in [0.4, 0.5) is 0 Å². The number of pyridine rings is 1. The number of rotatable bonds is 6. The first kappa shape index (κ1) is 21.0. The summed E-state index contributed by atoms with van der Waals surface area (Å²) in [5.74, 6) is 0.0362. The first-order valence-corrected chi connectivity index (χ1v) is 10.7. The number of carbonyl (C=O) groups is 2. The predicted octanol–water partition coefficient (Wildman–Crippen LogP) is 3.08. The second-order valence-corrected chi connectivity index (χ2v) is 8.21. The molecule has 1 amide bonds. The summed E-state index contributed by atoms with van der Waals surface area (Å²) < 4.78 is 5.35. The van der Waals surface area contributed by atoms with Gasteiger partial charge in [0.1, 0.15) is 5.75 Å². The van der Waals surface area contributed by atoms with Gasteiger partial charge in [0.25, 0.3) is 5.91 Å². The number of amides is 1. The molecule has 2 aliphatic heterocycles. The van der Waals surface area contributed by atoms with Crippen LogP contribution < -0.4 is 4.74 Å². The van der Waals surface area contributed by atoms with Crippen LogP contribution in [-0.4, -0.2) is 59.3 Å². The molecular formula is C24H27N3O4. The zero-order valence-corrected chi connectivity index (χ0v) is 17.7. The van der Waals surface area contributed by atoms with Gasteiger partial charge in [0, 0.05) is 44.2 Å². The number of carboxylic acid groups (broad SMARTS) is 1. The molecule has 4 rings (SSSR count). The number of benzene rings is 1. The number of hydrogen-bond donors (Lipinski definition) is 1. The second kappa shape index (κ2) is 9.29. The molecule has 0 bridgehead atoms. The Labute approximate surface area is 181 Å². The van der Waals surface area contributed by atoms with Gasteiger partial charge in [-0.05, 0) is 72.6 Å². The van der Waals surface area contributed by atoms with Crippen LogP contribution in [0.2, 0.25) is 0 Å². The van der Waals surface area contributed by atoms with Crippen molar-refractivity contribution in [2.75, 3.05) is 26.7 Å². The molecular weight excluding hydrogens is 394 g/mol. The Morgan fingerprint density at radius 2 is 2.13 bits per heavy atom. The third kappa shape index (κ3) is 4.76. The topological polar surface area (TPSA) is 92.1 Å². The van der Waals surface area contributed by atoms with Crippen LogP contribution in [-0.2, 0) is 11.2 Å². The minimum atomic E-state index is -0.794. The molecule has 1 aromatic carbocycles. The van der Waals surface area contributed by atoms with Crippen LogP contribution in [0, 0.1) is 11.8 Å². The summed E-state index contributed by atoms with van der Waals surface area (Å²) in [6.45, 7) is 1.79. The Balaban J connectivity index is 1.55. The number of ether oxygens (including phenoxy) is 1. The first-order valence-electron chi connectivity index (χ1n) is 10.7. The molecule has 1 N–H and O–H groups in total. The van der Waals surface area contributed by atoms with Crippen LogP contribution in [0.1, 0.15) is 40.7 Å². The highest BCUT2D eigenvalue weighted by atomic mass is 16.5. The molecule has 7 nitrogen and oxygen atoms in total. The summed E-state index contributed by atoms with van der Waals surface area (Å²) in [7, 11) is 1.66. The number of aromatic nitrogens is 1. The monoisotopic (exact) mass is 421 g/mol. The van der Waals surface area contributed by atoms with Gasteiger partial charge in [-0.2, -0.15) is 0 Å². The minimum absolute atomic E-state index is 0.0155. The van der Waals surface area contributed by atoms with Gasteiger partial charge in [-0.15, -0.1) is 0 Å². The van der Waals surface area contributed by atoms with E-state index in [1.807, 2.05) is 17.0 Å². The van der Waals surface area contributed by atoms with Crippen molar-refractivity contribution in [3.05, 3.63) is 59.4 Å². The number of hydrogen-bond acceptors (Lipinski definition) is 5. The quantitative estimate of drug-likeness (QED) is 0.774. The lowest BCUT2D eigenvalue weighted by atomic mass is 9.78. The molecule has 3 heterocycles. The molecule has 1 fully saturated rings. The van der Waals surface area contributed by atoms with E-state index in [-0.39, 0.29) is 24.2 Å². The predicted molar refractivity (Wildman–Crippen MR) is 117 cm³/mol. The maximum atomic E-state index is 13.0. The Kier molecular flexibility index (Phi) is 6.30. The van der Waals surface area contributed by atoms with Crippen LogP contribution in [0.25, 0.3) is 0 Å². The third-order valence-electron chi connectivity index (χ3n) is 6.29. The van der Waals surface area contributed by atoms with Crippen LogP contribution >= 0.6 is 0 Å². The summed E-state index contributed by atoms with van der Waals surface area (Å²) in [5.41, 5.74) is 3.88. The summed E-state index contributed by atoms with van der Waals surface area (Å²) in [5, 5.41) is 9.42. The van der Waals surface area contributed by atoms with E-state index in [1.165, 1.54) is 5.56 Å². The van der Waals surface area contributed by atoms with Gasteiger partial charge in [0.15, 0.2) is 0 Å². The van der Waals surface area contributed by atoms with Crippen molar-refractivity contribution < 1.29 is 19.4 Å². The number of carboxylic acids is 1. The Bertz CT molecular complexity index is 990. The molecule has 1 aromatic heterocycles. The third-order valence-corrected chi connectivity index (χ3v) is 6.29. The molecule has 1 saturated heterocycles. The number of likely N-dealkylation sites (tertiary alicyclic amines) is 1. The molecule has 2 aliphatic rings. The molecule has 0 saturated carbocycles. The van der Waals surface area contributed by atoms with Gasteiger partial charge in [0.05, 0.1) is 12.7 Å². The average molecular weight is 421 g/mol. The Hall–Kier alpha value is -3.22. The minimum Gasteiger partial charge on any atom is -0.497 e. The van der Waals surface area contributed by atoms with Gasteiger partial charge in [-0.25, -0.2) is 0 Å². The van der Waals surface area contributed by atoms with E-state index in [4.69, 9.17) is 9.73 Å². The van der Waals surface area contributed by atoms with Crippen LogP contribution in [0.15, 0.2) is 47.7 Å². The zero-order chi connectivity index (χ0) is 21.8. The largest absolute Gasteiger partial charge is 0.497 e. The van der Waals surface area contributed by atoms with Crippen molar-refractivity contribution in [2.24, 2.45) is 16.8 Å². The fourth-order valence-corrected chi connectivity index (χ4v) is 4.67. The number of methoxy groups -OCH3 is 1. The van der Waals surface area contributed by atoms with Gasteiger partial charge in [0.2, 0.25) is 0 Å². The molecule has 2 atom stereocenters. The van der Waals surface area contributed by atoms with E-state index in [2.05, 4.69) is 11.1 Å². The standard InChI is InChI=1S/C24H27N3O4/c1-31-20-4-5-21-17(11-20)6-9-26-22(21)12-19-15-27(10-7-16(19)13-23(28)29)24(30)18-3-2-8-25-14-18/h2-5,8,11,14,16,19H,6-7,9-10,12-13,15H2,1H3,(H,28,29)/t16-,19-/m0/s1. The highest BCUT2D eigenvalue weighted by molar-refractivity contribution is 6.03. The molecule has 0 unspecified atom stereocenters. The lowest BCUT2D eigenvalue weighted by Gasteiger charge is -2.39. The van der Waals surface area contributed by atoms with E-state index in [0.29, 0.717) is 38.0 Å². The normalized spacial score (nSPS) is 20.5. The lowest BCUT2D eigenvalue weighted by molar-refractivity contribution is -0.138. The summed E-state index contributed by atoms with van der Waals surface area (Å²) >= 11 is 0. The van der Waals surface area contributed by atoms with Gasteiger partial charge >= 0.3 is 5.97 Å². The van der Waals surface area contributed by atoms with Crippen molar-refractivity contribution >= 4 is 17.6 Å². The molecule has 31 heavy (non-hydrogen) atoms. The Morgan fingerprint density at radius 3 is 2.87 bits per heavy atom. The molecule has 0 aliphatic carbocycles. The molecule has 7 heteroatoms.